The smallest absolute Gasteiger partial charge is 0.377 e. The van der Waals surface area contributed by atoms with Gasteiger partial charge in [0.05, 0.1) is 17.2 Å². The van der Waals surface area contributed by atoms with Gasteiger partial charge in [0, 0.05) is 36.6 Å². The number of hydrogen-bond donors (Lipinski definition) is 0. The van der Waals surface area contributed by atoms with Gasteiger partial charge in [-0.3, -0.25) is 13.5 Å². The van der Waals surface area contributed by atoms with Crippen molar-refractivity contribution in [3.8, 4) is 0 Å². The van der Waals surface area contributed by atoms with Gasteiger partial charge in [-0.05, 0) is 57.6 Å². The first-order valence-corrected chi connectivity index (χ1v) is 15.5. The van der Waals surface area contributed by atoms with E-state index in [1.165, 1.54) is 29.5 Å². The van der Waals surface area contributed by atoms with Gasteiger partial charge in [-0.15, -0.1) is 11.3 Å². The van der Waals surface area contributed by atoms with Crippen LogP contribution in [0, 0.1) is 0 Å². The molecule has 1 aliphatic heterocycles. The lowest BCUT2D eigenvalue weighted by Gasteiger charge is -2.26. The van der Waals surface area contributed by atoms with Crippen molar-refractivity contribution < 1.29 is 26.1 Å². The number of fused-ring (bicyclic) bond motifs is 2. The van der Waals surface area contributed by atoms with Crippen molar-refractivity contribution in [3.63, 3.8) is 0 Å². The van der Waals surface area contributed by atoms with Crippen LogP contribution in [0.25, 0.3) is 28.8 Å². The highest BCUT2D eigenvalue weighted by Gasteiger charge is 2.19. The molecule has 0 fully saturated rings. The first-order valence-electron chi connectivity index (χ1n) is 13.4. The molecule has 0 atom stereocenters. The second kappa shape index (κ2) is 13.3. The average Bonchev–Trinajstić information content (AvgIpc) is 3.46. The van der Waals surface area contributed by atoms with E-state index >= 15 is 0 Å². The van der Waals surface area contributed by atoms with Crippen molar-refractivity contribution in [2.45, 2.75) is 40.8 Å². The van der Waals surface area contributed by atoms with E-state index in [2.05, 4.69) is 70.1 Å². The lowest BCUT2D eigenvalue weighted by molar-refractivity contribution is -0.674. The van der Waals surface area contributed by atoms with E-state index in [4.69, 9.17) is 4.42 Å². The number of para-hydroxylation sites is 3. The lowest BCUT2D eigenvalue weighted by atomic mass is 9.99. The zero-order valence-electron chi connectivity index (χ0n) is 23.4. The zero-order chi connectivity index (χ0) is 29.6. The number of oxazole rings is 1. The number of rotatable bonds is 7. The van der Waals surface area contributed by atoms with Crippen molar-refractivity contribution in [1.82, 2.24) is 4.57 Å². The van der Waals surface area contributed by atoms with E-state index in [0.717, 1.165) is 40.3 Å². The first kappa shape index (κ1) is 30.2. The van der Waals surface area contributed by atoms with Crippen LogP contribution in [-0.4, -0.2) is 30.7 Å². The first-order chi connectivity index (χ1) is 19.7. The van der Waals surface area contributed by atoms with Crippen molar-refractivity contribution in [2.75, 3.05) is 18.1 Å². The second-order valence-corrected chi connectivity index (χ2v) is 11.0. The fourth-order valence-corrected chi connectivity index (χ4v) is 5.92. The fraction of sp³-hybridized carbons (Fsp3) is 0.267. The van der Waals surface area contributed by atoms with Crippen molar-refractivity contribution >= 4 is 56.2 Å². The molecule has 1 aliphatic rings. The molecule has 0 bridgehead atoms. The molecule has 0 spiro atoms. The Bertz CT molecular complexity index is 1880. The molecule has 11 heteroatoms. The van der Waals surface area contributed by atoms with Gasteiger partial charge in [-0.1, -0.05) is 36.4 Å². The van der Waals surface area contributed by atoms with Gasteiger partial charge in [-0.25, -0.2) is 8.42 Å². The normalized spacial score (nSPS) is 15.0. The summed E-state index contributed by atoms with van der Waals surface area (Å²) in [6.07, 6.45) is 10.2. The number of aryl methyl sites for hydroxylation is 1. The molecule has 0 amide bonds. The van der Waals surface area contributed by atoms with Gasteiger partial charge in [0.25, 0.3) is 11.1 Å². The highest BCUT2D eigenvalue weighted by molar-refractivity contribution is 7.80. The van der Waals surface area contributed by atoms with Gasteiger partial charge in [0.1, 0.15) is 11.2 Å². The molecule has 0 aliphatic carbocycles. The number of hydrogen-bond acceptors (Lipinski definition) is 8. The van der Waals surface area contributed by atoms with Gasteiger partial charge in [-0.2, -0.15) is 4.57 Å². The van der Waals surface area contributed by atoms with Crippen LogP contribution in [0.4, 0.5) is 5.69 Å². The number of allylic oxidation sites excluding steroid dienone is 3. The van der Waals surface area contributed by atoms with E-state index in [9.17, 15) is 17.8 Å². The van der Waals surface area contributed by atoms with Crippen molar-refractivity contribution in [3.05, 3.63) is 97.9 Å². The summed E-state index contributed by atoms with van der Waals surface area (Å²) >= 11 is 1.50. The van der Waals surface area contributed by atoms with Gasteiger partial charge in [0.2, 0.25) is 16.0 Å². The maximum absolute atomic E-state index is 13.2. The van der Waals surface area contributed by atoms with E-state index in [1.54, 1.807) is 0 Å². The molecule has 2 aromatic carbocycles. The van der Waals surface area contributed by atoms with Crippen LogP contribution in [0.1, 0.15) is 39.1 Å². The van der Waals surface area contributed by atoms with Crippen molar-refractivity contribution in [1.29, 1.82) is 0 Å². The molecule has 4 aromatic rings. The molecule has 5 rings (SSSR count). The van der Waals surface area contributed by atoms with Crippen LogP contribution in [0.2, 0.25) is 0 Å². The highest BCUT2D eigenvalue weighted by Crippen LogP contribution is 2.32. The minimum atomic E-state index is -4.42. The Morgan fingerprint density at radius 1 is 1.02 bits per heavy atom. The zero-order valence-corrected chi connectivity index (χ0v) is 25.1. The standard InChI is InChI=1S/C28H28N3O2S.C2H6O4S/c1-4-29-18-17-20(21-11-7-8-12-22(21)29)15-16-25-28(32)31(6-3)27(34-25)19-26-30(5-2)23-13-9-10-14-24(23)33-26;1-2-6-7(3,4)5/h7-19H,4-6H2,1-3H3;2H2,1H3,(H,3,4,5)/q+1;/p-1. The fourth-order valence-electron chi connectivity index (χ4n) is 4.59. The SMILES string of the molecule is CCN1C=CC(=CC=c2sc(=Cc3oc4ccccc4[n+]3CC)n(CC)c2=O)c2ccccc21.CCOS(=O)(=O)[O-]. The van der Waals surface area contributed by atoms with E-state index in [0.29, 0.717) is 11.1 Å². The van der Waals surface area contributed by atoms with E-state index in [-0.39, 0.29) is 12.2 Å². The summed E-state index contributed by atoms with van der Waals surface area (Å²) in [4.78, 5) is 15.4. The Morgan fingerprint density at radius 2 is 1.76 bits per heavy atom. The molecule has 0 saturated heterocycles. The molecule has 0 unspecified atom stereocenters. The van der Waals surface area contributed by atoms with Crippen LogP contribution >= 0.6 is 11.3 Å². The third-order valence-corrected chi connectivity index (χ3v) is 8.03. The largest absolute Gasteiger partial charge is 0.726 e. The molecule has 0 N–H and O–H groups in total. The third kappa shape index (κ3) is 6.94. The van der Waals surface area contributed by atoms with Gasteiger partial charge >= 0.3 is 5.89 Å². The summed E-state index contributed by atoms with van der Waals surface area (Å²) in [6, 6.07) is 16.4. The Morgan fingerprint density at radius 3 is 2.41 bits per heavy atom. The Balaban J connectivity index is 0.000000493. The van der Waals surface area contributed by atoms with Crippen molar-refractivity contribution in [2.24, 2.45) is 0 Å². The van der Waals surface area contributed by atoms with Crippen LogP contribution in [0.3, 0.4) is 0 Å². The summed E-state index contributed by atoms with van der Waals surface area (Å²) in [5.41, 5.74) is 5.39. The third-order valence-electron chi connectivity index (χ3n) is 6.43. The van der Waals surface area contributed by atoms with Crippen LogP contribution in [0.15, 0.2) is 76.1 Å². The number of thiazole rings is 1. The summed E-state index contributed by atoms with van der Waals surface area (Å²) in [5, 5.41) is 0. The molecule has 41 heavy (non-hydrogen) atoms. The monoisotopic (exact) mass is 595 g/mol. The summed E-state index contributed by atoms with van der Waals surface area (Å²) in [7, 11) is -4.42. The lowest BCUT2D eigenvalue weighted by Crippen LogP contribution is -2.35. The van der Waals surface area contributed by atoms with Gasteiger partial charge in [0.15, 0.2) is 0 Å². The summed E-state index contributed by atoms with van der Waals surface area (Å²) in [6.45, 7) is 9.88. The Kier molecular flexibility index (Phi) is 9.77. The number of aromatic nitrogens is 2. The minimum Gasteiger partial charge on any atom is -0.726 e. The number of nitrogens with zero attached hydrogens (tertiary/aromatic N) is 3. The highest BCUT2D eigenvalue weighted by atomic mass is 32.3. The molecular weight excluding hydrogens is 562 g/mol. The Hall–Kier alpha value is -3.77. The average molecular weight is 596 g/mol. The van der Waals surface area contributed by atoms with Crippen LogP contribution in [0.5, 0.6) is 0 Å². The second-order valence-electron chi connectivity index (χ2n) is 8.87. The summed E-state index contributed by atoms with van der Waals surface area (Å²) < 4.78 is 43.7. The van der Waals surface area contributed by atoms with Crippen LogP contribution < -0.4 is 24.2 Å². The molecular formula is C30H33N3O6S2. The maximum atomic E-state index is 13.2. The topological polar surface area (TPSA) is 109 Å². The van der Waals surface area contributed by atoms with E-state index in [1.807, 2.05) is 47.9 Å². The predicted octanol–water partition coefficient (Wildman–Crippen LogP) is 3.51. The molecule has 0 saturated carbocycles. The van der Waals surface area contributed by atoms with Crippen LogP contribution in [-0.2, 0) is 27.7 Å². The van der Waals surface area contributed by atoms with E-state index < -0.39 is 10.4 Å². The predicted molar refractivity (Wildman–Crippen MR) is 162 cm³/mol. The number of anilines is 1. The van der Waals surface area contributed by atoms with Gasteiger partial charge < -0.3 is 13.9 Å². The Labute approximate surface area is 243 Å². The summed E-state index contributed by atoms with van der Waals surface area (Å²) in [5.74, 6) is 0.751. The molecule has 0 radical (unpaired) electrons. The molecule has 2 aromatic heterocycles. The molecule has 9 nitrogen and oxygen atoms in total. The minimum absolute atomic E-state index is 0.0259. The molecule has 3 heterocycles. The maximum Gasteiger partial charge on any atom is 0.377 e. The quantitative estimate of drug-likeness (QED) is 0.183. The number of benzene rings is 2. The molecule has 216 valence electrons.